The zero-order valence-corrected chi connectivity index (χ0v) is 12.7. The average Bonchev–Trinajstić information content (AvgIpc) is 2.71. The van der Waals surface area contributed by atoms with Crippen molar-refractivity contribution in [2.24, 2.45) is 0 Å². The van der Waals surface area contributed by atoms with Crippen molar-refractivity contribution in [2.75, 3.05) is 18.8 Å². The van der Waals surface area contributed by atoms with E-state index in [2.05, 4.69) is 10.2 Å². The van der Waals surface area contributed by atoms with Crippen LogP contribution < -0.4 is 0 Å². The summed E-state index contributed by atoms with van der Waals surface area (Å²) in [5.74, 6) is 0.967. The molecule has 0 aliphatic carbocycles. The van der Waals surface area contributed by atoms with Gasteiger partial charge in [-0.15, -0.1) is 11.6 Å². The molecule has 1 atom stereocenters. The van der Waals surface area contributed by atoms with Crippen LogP contribution in [0.3, 0.4) is 0 Å². The van der Waals surface area contributed by atoms with Gasteiger partial charge in [-0.05, 0) is 6.92 Å². The van der Waals surface area contributed by atoms with Crippen molar-refractivity contribution in [2.45, 2.75) is 30.0 Å². The molecule has 0 amide bonds. The monoisotopic (exact) mass is 309 g/mol. The van der Waals surface area contributed by atoms with Gasteiger partial charge in [-0.2, -0.15) is 21.2 Å². The third-order valence-electron chi connectivity index (χ3n) is 2.96. The number of H-pyrrole nitrogens is 1. The van der Waals surface area contributed by atoms with Crippen LogP contribution in [-0.2, 0) is 15.9 Å². The van der Waals surface area contributed by atoms with E-state index in [9.17, 15) is 8.42 Å². The largest absolute Gasteiger partial charge is 0.281 e. The zero-order valence-electron chi connectivity index (χ0n) is 10.3. The van der Waals surface area contributed by atoms with E-state index in [0.717, 1.165) is 5.75 Å². The number of halogens is 1. The molecule has 0 radical (unpaired) electrons. The molecule has 2 rings (SSSR count). The molecule has 1 aliphatic heterocycles. The first-order chi connectivity index (χ1) is 8.46. The first-order valence-electron chi connectivity index (χ1n) is 5.68. The highest BCUT2D eigenvalue weighted by Crippen LogP contribution is 2.26. The second-order valence-electron chi connectivity index (χ2n) is 4.31. The molecule has 1 N–H and O–H groups in total. The van der Waals surface area contributed by atoms with E-state index in [1.165, 1.54) is 4.31 Å². The van der Waals surface area contributed by atoms with Crippen LogP contribution in [0.2, 0.25) is 0 Å². The number of alkyl halides is 1. The van der Waals surface area contributed by atoms with Crippen LogP contribution in [0.4, 0.5) is 0 Å². The Labute approximate surface area is 116 Å². The second kappa shape index (κ2) is 5.40. The number of nitrogens with zero attached hydrogens (tertiary/aromatic N) is 2. The number of aromatic amines is 1. The number of rotatable bonds is 3. The first kappa shape index (κ1) is 14.2. The molecule has 1 fully saturated rings. The van der Waals surface area contributed by atoms with Gasteiger partial charge in [0, 0.05) is 35.3 Å². The Kier molecular flexibility index (Phi) is 4.25. The topological polar surface area (TPSA) is 66.1 Å². The molecule has 102 valence electrons. The van der Waals surface area contributed by atoms with Crippen molar-refractivity contribution >= 4 is 33.4 Å². The third kappa shape index (κ3) is 2.54. The normalized spacial score (nSPS) is 22.3. The van der Waals surface area contributed by atoms with E-state index in [4.69, 9.17) is 11.6 Å². The summed E-state index contributed by atoms with van der Waals surface area (Å²) in [4.78, 5) is 0. The van der Waals surface area contributed by atoms with Gasteiger partial charge in [0.1, 0.15) is 0 Å². The van der Waals surface area contributed by atoms with Crippen LogP contribution in [0, 0.1) is 6.92 Å². The molecular weight excluding hydrogens is 294 g/mol. The summed E-state index contributed by atoms with van der Waals surface area (Å²) < 4.78 is 26.5. The van der Waals surface area contributed by atoms with Crippen molar-refractivity contribution in [3.63, 3.8) is 0 Å². The van der Waals surface area contributed by atoms with E-state index in [0.29, 0.717) is 29.6 Å². The molecule has 0 saturated carbocycles. The van der Waals surface area contributed by atoms with E-state index in [-0.39, 0.29) is 10.9 Å². The standard InChI is InChI=1S/C10H16ClN3O2S2/c1-7-6-14(3-4-17-7)18(15,16)10-9(5-11)8(2)12-13-10/h7H,3-6H2,1-2H3,(H,12,13). The van der Waals surface area contributed by atoms with Crippen LogP contribution in [0.5, 0.6) is 0 Å². The van der Waals surface area contributed by atoms with Crippen LogP contribution in [0.1, 0.15) is 18.2 Å². The Morgan fingerprint density at radius 3 is 2.94 bits per heavy atom. The molecule has 0 spiro atoms. The molecule has 8 heteroatoms. The third-order valence-corrected chi connectivity index (χ3v) is 6.20. The lowest BCUT2D eigenvalue weighted by atomic mass is 10.3. The highest BCUT2D eigenvalue weighted by Gasteiger charge is 2.33. The first-order valence-corrected chi connectivity index (χ1v) is 8.70. The van der Waals surface area contributed by atoms with E-state index >= 15 is 0 Å². The van der Waals surface area contributed by atoms with Crippen molar-refractivity contribution in [3.8, 4) is 0 Å². The van der Waals surface area contributed by atoms with Gasteiger partial charge in [0.2, 0.25) is 0 Å². The number of nitrogens with one attached hydrogen (secondary N) is 1. The summed E-state index contributed by atoms with van der Waals surface area (Å²) in [7, 11) is -3.52. The summed E-state index contributed by atoms with van der Waals surface area (Å²) >= 11 is 7.59. The Balaban J connectivity index is 2.35. The second-order valence-corrected chi connectivity index (χ2v) is 7.98. The SMILES string of the molecule is Cc1[nH]nc(S(=O)(=O)N2CCSC(C)C2)c1CCl. The van der Waals surface area contributed by atoms with Crippen molar-refractivity contribution < 1.29 is 8.42 Å². The number of hydrogen-bond acceptors (Lipinski definition) is 4. The number of sulfonamides is 1. The van der Waals surface area contributed by atoms with E-state index in [1.54, 1.807) is 18.7 Å². The lowest BCUT2D eigenvalue weighted by molar-refractivity contribution is 0.421. The fourth-order valence-corrected chi connectivity index (χ4v) is 5.25. The Hall–Kier alpha value is -0.240. The van der Waals surface area contributed by atoms with Crippen molar-refractivity contribution in [3.05, 3.63) is 11.3 Å². The summed E-state index contributed by atoms with van der Waals surface area (Å²) in [5, 5.41) is 7.00. The minimum absolute atomic E-state index is 0.0779. The maximum atomic E-state index is 12.5. The Morgan fingerprint density at radius 2 is 2.33 bits per heavy atom. The van der Waals surface area contributed by atoms with E-state index in [1.807, 2.05) is 6.92 Å². The molecule has 2 heterocycles. The van der Waals surface area contributed by atoms with Gasteiger partial charge in [-0.25, -0.2) is 8.42 Å². The highest BCUT2D eigenvalue weighted by atomic mass is 35.5. The van der Waals surface area contributed by atoms with Crippen LogP contribution in [0.25, 0.3) is 0 Å². The van der Waals surface area contributed by atoms with Gasteiger partial charge >= 0.3 is 0 Å². The molecule has 5 nitrogen and oxygen atoms in total. The minimum atomic E-state index is -3.52. The van der Waals surface area contributed by atoms with Crippen LogP contribution >= 0.6 is 23.4 Å². The summed E-state index contributed by atoms with van der Waals surface area (Å²) in [6, 6.07) is 0. The predicted octanol–water partition coefficient (Wildman–Crippen LogP) is 1.58. The van der Waals surface area contributed by atoms with Gasteiger partial charge in [-0.3, -0.25) is 5.10 Å². The molecule has 1 aliphatic rings. The average molecular weight is 310 g/mol. The summed E-state index contributed by atoms with van der Waals surface area (Å²) in [6.45, 7) is 4.87. The van der Waals surface area contributed by atoms with Gasteiger partial charge in [-0.1, -0.05) is 6.92 Å². The molecular formula is C10H16ClN3O2S2. The molecule has 0 aromatic carbocycles. The van der Waals surface area contributed by atoms with Gasteiger partial charge in [0.25, 0.3) is 10.0 Å². The summed E-state index contributed by atoms with van der Waals surface area (Å²) in [6.07, 6.45) is 0. The quantitative estimate of drug-likeness (QED) is 0.861. The van der Waals surface area contributed by atoms with Crippen molar-refractivity contribution in [1.29, 1.82) is 0 Å². The predicted molar refractivity (Wildman–Crippen MR) is 73.6 cm³/mol. The minimum Gasteiger partial charge on any atom is -0.281 e. The van der Waals surface area contributed by atoms with Crippen molar-refractivity contribution in [1.82, 2.24) is 14.5 Å². The molecule has 0 bridgehead atoms. The molecule has 1 aromatic rings. The van der Waals surface area contributed by atoms with E-state index < -0.39 is 10.0 Å². The van der Waals surface area contributed by atoms with Crippen LogP contribution in [0.15, 0.2) is 5.03 Å². The molecule has 1 aromatic heterocycles. The Morgan fingerprint density at radius 1 is 1.61 bits per heavy atom. The van der Waals surface area contributed by atoms with Crippen LogP contribution in [-0.4, -0.2) is 47.0 Å². The van der Waals surface area contributed by atoms with Gasteiger partial charge < -0.3 is 0 Å². The number of aromatic nitrogens is 2. The lowest BCUT2D eigenvalue weighted by Crippen LogP contribution is -2.41. The highest BCUT2D eigenvalue weighted by molar-refractivity contribution is 8.00. The molecule has 18 heavy (non-hydrogen) atoms. The van der Waals surface area contributed by atoms with Gasteiger partial charge in [0.15, 0.2) is 5.03 Å². The molecule has 1 unspecified atom stereocenters. The number of aryl methyl sites for hydroxylation is 1. The number of hydrogen-bond donors (Lipinski definition) is 1. The zero-order chi connectivity index (χ0) is 13.3. The maximum Gasteiger partial charge on any atom is 0.262 e. The number of thioether (sulfide) groups is 1. The van der Waals surface area contributed by atoms with Gasteiger partial charge in [0.05, 0.1) is 5.88 Å². The lowest BCUT2D eigenvalue weighted by Gasteiger charge is -2.29. The summed E-state index contributed by atoms with van der Waals surface area (Å²) in [5.41, 5.74) is 1.28. The maximum absolute atomic E-state index is 12.5. The smallest absolute Gasteiger partial charge is 0.262 e. The molecule has 1 saturated heterocycles. The Bertz CT molecular complexity index is 529. The fourth-order valence-electron chi connectivity index (χ4n) is 1.93. The fraction of sp³-hybridized carbons (Fsp3) is 0.700.